The molecular formula is C18H17N3OS. The Morgan fingerprint density at radius 1 is 1.09 bits per heavy atom. The number of pyridine rings is 1. The number of carbonyl (C=O) groups excluding carboxylic acids is 1. The lowest BCUT2D eigenvalue weighted by atomic mass is 10.2. The molecule has 4 nitrogen and oxygen atoms in total. The number of nitrogens with one attached hydrogen (secondary N) is 1. The average Bonchev–Trinajstić information content (AvgIpc) is 3.09. The standard InChI is InChI=1S/C18H17N3OS/c22-17(20-12-14-6-2-1-3-7-14)10-9-15-13-23-18(21-15)16-8-4-5-11-19-16/h1-8,11,13H,9-10,12H2,(H,20,22). The molecule has 1 N–H and O–H groups in total. The Morgan fingerprint density at radius 3 is 2.70 bits per heavy atom. The van der Waals surface area contributed by atoms with Crippen LogP contribution in [-0.4, -0.2) is 15.9 Å². The molecule has 5 heteroatoms. The summed E-state index contributed by atoms with van der Waals surface area (Å²) in [5.41, 5.74) is 2.91. The summed E-state index contributed by atoms with van der Waals surface area (Å²) in [7, 11) is 0. The van der Waals surface area contributed by atoms with Crippen LogP contribution in [0.5, 0.6) is 0 Å². The number of carbonyl (C=O) groups is 1. The number of aryl methyl sites for hydroxylation is 1. The highest BCUT2D eigenvalue weighted by molar-refractivity contribution is 7.13. The third-order valence-corrected chi connectivity index (χ3v) is 4.29. The van der Waals surface area contributed by atoms with Gasteiger partial charge in [-0.15, -0.1) is 11.3 Å². The third kappa shape index (κ3) is 4.47. The molecule has 0 bridgehead atoms. The van der Waals surface area contributed by atoms with Crippen molar-refractivity contribution in [2.45, 2.75) is 19.4 Å². The molecule has 0 spiro atoms. The van der Waals surface area contributed by atoms with Crippen LogP contribution in [0.1, 0.15) is 17.7 Å². The molecule has 23 heavy (non-hydrogen) atoms. The van der Waals surface area contributed by atoms with Crippen LogP contribution in [0.15, 0.2) is 60.1 Å². The topological polar surface area (TPSA) is 54.9 Å². The molecule has 3 aromatic rings. The molecule has 2 heterocycles. The van der Waals surface area contributed by atoms with E-state index < -0.39 is 0 Å². The van der Waals surface area contributed by atoms with E-state index in [1.54, 1.807) is 17.5 Å². The van der Waals surface area contributed by atoms with Gasteiger partial charge in [0.1, 0.15) is 5.01 Å². The fourth-order valence-electron chi connectivity index (χ4n) is 2.16. The number of amides is 1. The normalized spacial score (nSPS) is 10.4. The van der Waals surface area contributed by atoms with E-state index in [4.69, 9.17) is 0 Å². The monoisotopic (exact) mass is 323 g/mol. The van der Waals surface area contributed by atoms with E-state index in [0.29, 0.717) is 19.4 Å². The summed E-state index contributed by atoms with van der Waals surface area (Å²) in [6.07, 6.45) is 2.84. The first-order valence-corrected chi connectivity index (χ1v) is 8.35. The number of benzene rings is 1. The second kappa shape index (κ2) is 7.65. The molecule has 0 saturated carbocycles. The number of hydrogen-bond acceptors (Lipinski definition) is 4. The zero-order valence-electron chi connectivity index (χ0n) is 12.6. The van der Waals surface area contributed by atoms with Crippen molar-refractivity contribution in [2.24, 2.45) is 0 Å². The first-order chi connectivity index (χ1) is 11.3. The van der Waals surface area contributed by atoms with Crippen LogP contribution in [0.3, 0.4) is 0 Å². The molecule has 116 valence electrons. The van der Waals surface area contributed by atoms with Gasteiger partial charge >= 0.3 is 0 Å². The van der Waals surface area contributed by atoms with E-state index in [2.05, 4.69) is 15.3 Å². The molecule has 1 aromatic carbocycles. The van der Waals surface area contributed by atoms with Gasteiger partial charge in [-0.3, -0.25) is 9.78 Å². The highest BCUT2D eigenvalue weighted by Crippen LogP contribution is 2.21. The minimum atomic E-state index is 0.0428. The van der Waals surface area contributed by atoms with Gasteiger partial charge in [-0.1, -0.05) is 36.4 Å². The Morgan fingerprint density at radius 2 is 1.91 bits per heavy atom. The van der Waals surface area contributed by atoms with Crippen LogP contribution in [0, 0.1) is 0 Å². The Kier molecular flexibility index (Phi) is 5.11. The van der Waals surface area contributed by atoms with E-state index in [1.165, 1.54) is 0 Å². The maximum atomic E-state index is 11.9. The van der Waals surface area contributed by atoms with Crippen LogP contribution < -0.4 is 5.32 Å². The molecule has 3 rings (SSSR count). The minimum absolute atomic E-state index is 0.0428. The number of aromatic nitrogens is 2. The van der Waals surface area contributed by atoms with Crippen molar-refractivity contribution in [2.75, 3.05) is 0 Å². The van der Waals surface area contributed by atoms with Gasteiger partial charge in [0.2, 0.25) is 5.91 Å². The predicted octanol–water partition coefficient (Wildman–Crippen LogP) is 3.45. The van der Waals surface area contributed by atoms with Crippen LogP contribution in [0.2, 0.25) is 0 Å². The lowest BCUT2D eigenvalue weighted by molar-refractivity contribution is -0.121. The molecular weight excluding hydrogens is 306 g/mol. The Balaban J connectivity index is 1.49. The Bertz CT molecular complexity index is 756. The second-order valence-electron chi connectivity index (χ2n) is 5.12. The summed E-state index contributed by atoms with van der Waals surface area (Å²) in [5, 5.41) is 5.82. The van der Waals surface area contributed by atoms with Crippen molar-refractivity contribution < 1.29 is 4.79 Å². The molecule has 0 aliphatic rings. The van der Waals surface area contributed by atoms with Gasteiger partial charge < -0.3 is 5.32 Å². The maximum absolute atomic E-state index is 11.9. The van der Waals surface area contributed by atoms with Crippen LogP contribution in [-0.2, 0) is 17.8 Å². The van der Waals surface area contributed by atoms with Crippen molar-refractivity contribution in [3.05, 3.63) is 71.4 Å². The number of thiazole rings is 1. The molecule has 1 amide bonds. The van der Waals surface area contributed by atoms with Crippen LogP contribution in [0.4, 0.5) is 0 Å². The van der Waals surface area contributed by atoms with Gasteiger partial charge in [-0.05, 0) is 24.1 Å². The van der Waals surface area contributed by atoms with E-state index in [-0.39, 0.29) is 5.91 Å². The van der Waals surface area contributed by atoms with Gasteiger partial charge in [0.15, 0.2) is 0 Å². The Hall–Kier alpha value is -2.53. The van der Waals surface area contributed by atoms with Crippen LogP contribution in [0.25, 0.3) is 10.7 Å². The predicted molar refractivity (Wildman–Crippen MR) is 92.0 cm³/mol. The summed E-state index contributed by atoms with van der Waals surface area (Å²) in [6.45, 7) is 0.565. The van der Waals surface area contributed by atoms with Crippen molar-refractivity contribution in [1.29, 1.82) is 0 Å². The van der Waals surface area contributed by atoms with E-state index in [9.17, 15) is 4.79 Å². The lowest BCUT2D eigenvalue weighted by Crippen LogP contribution is -2.22. The number of nitrogens with zero attached hydrogens (tertiary/aromatic N) is 2. The molecule has 0 fully saturated rings. The molecule has 0 unspecified atom stereocenters. The van der Waals surface area contributed by atoms with Crippen molar-refractivity contribution in [3.8, 4) is 10.7 Å². The molecule has 2 aromatic heterocycles. The lowest BCUT2D eigenvalue weighted by Gasteiger charge is -2.04. The summed E-state index contributed by atoms with van der Waals surface area (Å²) >= 11 is 1.56. The molecule has 0 radical (unpaired) electrons. The largest absolute Gasteiger partial charge is 0.352 e. The van der Waals surface area contributed by atoms with Crippen molar-refractivity contribution in [1.82, 2.24) is 15.3 Å². The fourth-order valence-corrected chi connectivity index (χ4v) is 2.98. The van der Waals surface area contributed by atoms with Gasteiger partial charge in [-0.25, -0.2) is 4.98 Å². The van der Waals surface area contributed by atoms with E-state index >= 15 is 0 Å². The van der Waals surface area contributed by atoms with Crippen molar-refractivity contribution >= 4 is 17.2 Å². The fraction of sp³-hybridized carbons (Fsp3) is 0.167. The highest BCUT2D eigenvalue weighted by Gasteiger charge is 2.08. The minimum Gasteiger partial charge on any atom is -0.352 e. The van der Waals surface area contributed by atoms with Crippen LogP contribution >= 0.6 is 11.3 Å². The summed E-state index contributed by atoms with van der Waals surface area (Å²) < 4.78 is 0. The average molecular weight is 323 g/mol. The molecule has 0 atom stereocenters. The molecule has 0 aliphatic carbocycles. The van der Waals surface area contributed by atoms with E-state index in [0.717, 1.165) is 22.0 Å². The highest BCUT2D eigenvalue weighted by atomic mass is 32.1. The quantitative estimate of drug-likeness (QED) is 0.756. The first kappa shape index (κ1) is 15.4. The number of hydrogen-bond donors (Lipinski definition) is 1. The first-order valence-electron chi connectivity index (χ1n) is 7.48. The van der Waals surface area contributed by atoms with Gasteiger partial charge in [0, 0.05) is 24.5 Å². The molecule has 0 saturated heterocycles. The van der Waals surface area contributed by atoms with Gasteiger partial charge in [-0.2, -0.15) is 0 Å². The second-order valence-corrected chi connectivity index (χ2v) is 5.98. The smallest absolute Gasteiger partial charge is 0.220 e. The Labute approximate surface area is 139 Å². The zero-order chi connectivity index (χ0) is 15.9. The third-order valence-electron chi connectivity index (χ3n) is 3.38. The van der Waals surface area contributed by atoms with Gasteiger partial charge in [0.25, 0.3) is 0 Å². The summed E-state index contributed by atoms with van der Waals surface area (Å²) in [5.74, 6) is 0.0428. The zero-order valence-corrected chi connectivity index (χ0v) is 13.4. The SMILES string of the molecule is O=C(CCc1csc(-c2ccccn2)n1)NCc1ccccc1. The van der Waals surface area contributed by atoms with Gasteiger partial charge in [0.05, 0.1) is 11.4 Å². The van der Waals surface area contributed by atoms with E-state index in [1.807, 2.05) is 53.9 Å². The molecule has 0 aliphatic heterocycles. The number of rotatable bonds is 6. The van der Waals surface area contributed by atoms with Crippen molar-refractivity contribution in [3.63, 3.8) is 0 Å². The summed E-state index contributed by atoms with van der Waals surface area (Å²) in [6, 6.07) is 15.7. The summed E-state index contributed by atoms with van der Waals surface area (Å²) in [4.78, 5) is 20.8. The maximum Gasteiger partial charge on any atom is 0.220 e.